The molecule has 0 aliphatic heterocycles. The van der Waals surface area contributed by atoms with Crippen molar-refractivity contribution in [2.45, 2.75) is 26.3 Å². The van der Waals surface area contributed by atoms with Crippen LogP contribution in [0.25, 0.3) is 10.2 Å². The van der Waals surface area contributed by atoms with Crippen LogP contribution in [-0.4, -0.2) is 33.6 Å². The molecule has 0 saturated carbocycles. The zero-order valence-electron chi connectivity index (χ0n) is 17.6. The number of hydrogen-bond donors (Lipinski definition) is 0. The molecule has 0 radical (unpaired) electrons. The van der Waals surface area contributed by atoms with Gasteiger partial charge in [-0.05, 0) is 43.2 Å². The Hall–Kier alpha value is -2.97. The average molecular weight is 475 g/mol. The number of halogens is 2. The summed E-state index contributed by atoms with van der Waals surface area (Å²) in [5, 5.41) is 0.639. The first kappa shape index (κ1) is 23.7. The highest BCUT2D eigenvalue weighted by Crippen LogP contribution is 2.34. The van der Waals surface area contributed by atoms with Crippen LogP contribution < -0.4 is 9.64 Å². The lowest BCUT2D eigenvalue weighted by Gasteiger charge is -2.20. The maximum absolute atomic E-state index is 13.2. The number of carbonyl (C=O) groups is 1. The Morgan fingerprint density at radius 2 is 2.03 bits per heavy atom. The topological polar surface area (TPSA) is 60.2 Å². The van der Waals surface area contributed by atoms with E-state index >= 15 is 0 Å². The maximum atomic E-state index is 13.2. The van der Waals surface area contributed by atoms with Crippen LogP contribution in [0.2, 0.25) is 0 Å². The standard InChI is InChI=1S/C23H23FN4O2S.ClH/c1-2-30-19-5-3-6-20-22(19)26-23(31-20)28(13-4-12-27-14-11-25-16-27)21(29)15-17-7-9-18(24)10-8-17;/h3,5-11,14,16H,2,4,12-13,15H2,1H3;1H. The van der Waals surface area contributed by atoms with Crippen molar-refractivity contribution < 1.29 is 13.9 Å². The van der Waals surface area contributed by atoms with Gasteiger partial charge in [-0.15, -0.1) is 12.4 Å². The largest absolute Gasteiger partial charge is 0.492 e. The number of benzene rings is 2. The third-order valence-corrected chi connectivity index (χ3v) is 5.87. The minimum absolute atomic E-state index is 0. The Morgan fingerprint density at radius 3 is 2.75 bits per heavy atom. The van der Waals surface area contributed by atoms with Gasteiger partial charge in [0, 0.05) is 25.5 Å². The summed E-state index contributed by atoms with van der Waals surface area (Å²) < 4.78 is 21.9. The minimum Gasteiger partial charge on any atom is -0.492 e. The van der Waals surface area contributed by atoms with E-state index in [1.54, 1.807) is 29.6 Å². The molecule has 2 aromatic carbocycles. The predicted molar refractivity (Wildman–Crippen MR) is 127 cm³/mol. The second-order valence-corrected chi connectivity index (χ2v) is 8.04. The Balaban J connectivity index is 0.00000289. The summed E-state index contributed by atoms with van der Waals surface area (Å²) >= 11 is 1.47. The molecule has 2 aromatic heterocycles. The first-order valence-electron chi connectivity index (χ1n) is 10.2. The van der Waals surface area contributed by atoms with Gasteiger partial charge in [0.2, 0.25) is 5.91 Å². The van der Waals surface area contributed by atoms with Crippen LogP contribution in [0, 0.1) is 5.82 Å². The molecule has 0 unspecified atom stereocenters. The van der Waals surface area contributed by atoms with Crippen LogP contribution in [0.15, 0.2) is 61.2 Å². The van der Waals surface area contributed by atoms with Gasteiger partial charge in [0.15, 0.2) is 5.13 Å². The van der Waals surface area contributed by atoms with E-state index in [2.05, 4.69) is 4.98 Å². The molecular formula is C23H24ClFN4O2S. The molecule has 0 aliphatic carbocycles. The van der Waals surface area contributed by atoms with Crippen LogP contribution in [0.5, 0.6) is 5.75 Å². The van der Waals surface area contributed by atoms with Crippen molar-refractivity contribution in [3.8, 4) is 5.75 Å². The molecule has 0 atom stereocenters. The van der Waals surface area contributed by atoms with Crippen molar-refractivity contribution in [3.63, 3.8) is 0 Å². The molecule has 4 rings (SSSR count). The van der Waals surface area contributed by atoms with Gasteiger partial charge >= 0.3 is 0 Å². The summed E-state index contributed by atoms with van der Waals surface area (Å²) in [5.74, 6) is 0.323. The van der Waals surface area contributed by atoms with Crippen molar-refractivity contribution in [2.75, 3.05) is 18.1 Å². The summed E-state index contributed by atoms with van der Waals surface area (Å²) in [6.45, 7) is 3.74. The third kappa shape index (κ3) is 5.63. The molecule has 0 bridgehead atoms. The van der Waals surface area contributed by atoms with Gasteiger partial charge in [-0.3, -0.25) is 9.69 Å². The van der Waals surface area contributed by atoms with Gasteiger partial charge in [-0.1, -0.05) is 29.5 Å². The lowest BCUT2D eigenvalue weighted by Crippen LogP contribution is -2.33. The quantitative estimate of drug-likeness (QED) is 0.338. The van der Waals surface area contributed by atoms with Crippen LogP contribution in [-0.2, 0) is 17.8 Å². The molecular weight excluding hydrogens is 451 g/mol. The highest BCUT2D eigenvalue weighted by Gasteiger charge is 2.21. The number of nitrogens with zero attached hydrogens (tertiary/aromatic N) is 4. The van der Waals surface area contributed by atoms with Gasteiger partial charge < -0.3 is 9.30 Å². The molecule has 0 saturated heterocycles. The number of ether oxygens (including phenoxy) is 1. The normalized spacial score (nSPS) is 10.7. The molecule has 1 amide bonds. The summed E-state index contributed by atoms with van der Waals surface area (Å²) in [4.78, 5) is 23.8. The van der Waals surface area contributed by atoms with Crippen LogP contribution in [0.3, 0.4) is 0 Å². The molecule has 32 heavy (non-hydrogen) atoms. The number of carbonyl (C=O) groups excluding carboxylic acids is 1. The zero-order valence-corrected chi connectivity index (χ0v) is 19.2. The van der Waals surface area contributed by atoms with Crippen LogP contribution >= 0.6 is 23.7 Å². The average Bonchev–Trinajstić information content (AvgIpc) is 3.43. The Kier molecular flexibility index (Phi) is 8.19. The van der Waals surface area contributed by atoms with Crippen molar-refractivity contribution in [3.05, 3.63) is 72.6 Å². The molecule has 0 fully saturated rings. The van der Waals surface area contributed by atoms with Gasteiger partial charge in [0.05, 0.1) is 24.1 Å². The molecule has 4 aromatic rings. The first-order chi connectivity index (χ1) is 15.1. The van der Waals surface area contributed by atoms with Crippen molar-refractivity contribution in [1.29, 1.82) is 0 Å². The number of amides is 1. The fraction of sp³-hybridized carbons (Fsp3) is 0.261. The number of aryl methyl sites for hydroxylation is 1. The maximum Gasteiger partial charge on any atom is 0.233 e. The van der Waals surface area contributed by atoms with E-state index < -0.39 is 0 Å². The summed E-state index contributed by atoms with van der Waals surface area (Å²) in [6.07, 6.45) is 6.33. The first-order valence-corrected chi connectivity index (χ1v) is 11.0. The van der Waals surface area contributed by atoms with E-state index in [1.165, 1.54) is 23.5 Å². The number of fused-ring (bicyclic) bond motifs is 1. The Bertz CT molecular complexity index is 1150. The molecule has 168 valence electrons. The van der Waals surface area contributed by atoms with E-state index in [1.807, 2.05) is 35.9 Å². The molecule has 0 aliphatic rings. The van der Waals surface area contributed by atoms with Crippen LogP contribution in [0.1, 0.15) is 18.9 Å². The van der Waals surface area contributed by atoms with E-state index in [4.69, 9.17) is 9.72 Å². The third-order valence-electron chi connectivity index (χ3n) is 4.83. The van der Waals surface area contributed by atoms with Crippen molar-refractivity contribution in [2.24, 2.45) is 0 Å². The fourth-order valence-corrected chi connectivity index (χ4v) is 4.36. The van der Waals surface area contributed by atoms with Crippen molar-refractivity contribution in [1.82, 2.24) is 14.5 Å². The van der Waals surface area contributed by atoms with E-state index in [-0.39, 0.29) is 30.6 Å². The summed E-state index contributed by atoms with van der Waals surface area (Å²) in [5.41, 5.74) is 1.53. The number of imidazole rings is 1. The molecule has 2 heterocycles. The van der Waals surface area contributed by atoms with Gasteiger partial charge in [-0.2, -0.15) is 0 Å². The number of thiazole rings is 1. The van der Waals surface area contributed by atoms with E-state index in [0.29, 0.717) is 24.0 Å². The fourth-order valence-electron chi connectivity index (χ4n) is 3.33. The number of anilines is 1. The van der Waals surface area contributed by atoms with Crippen LogP contribution in [0.4, 0.5) is 9.52 Å². The lowest BCUT2D eigenvalue weighted by molar-refractivity contribution is -0.118. The van der Waals surface area contributed by atoms with Gasteiger partial charge in [0.25, 0.3) is 0 Å². The minimum atomic E-state index is -0.317. The number of rotatable bonds is 9. The highest BCUT2D eigenvalue weighted by molar-refractivity contribution is 7.22. The SMILES string of the molecule is CCOc1cccc2sc(N(CCCn3ccnc3)C(=O)Cc3ccc(F)cc3)nc12.Cl. The number of para-hydroxylation sites is 1. The Labute approximate surface area is 196 Å². The van der Waals surface area contributed by atoms with Gasteiger partial charge in [0.1, 0.15) is 17.1 Å². The second kappa shape index (κ2) is 11.1. The Morgan fingerprint density at radius 1 is 1.22 bits per heavy atom. The van der Waals surface area contributed by atoms with E-state index in [9.17, 15) is 9.18 Å². The number of aromatic nitrogens is 3. The number of hydrogen-bond acceptors (Lipinski definition) is 5. The summed E-state index contributed by atoms with van der Waals surface area (Å²) in [6, 6.07) is 11.8. The predicted octanol–water partition coefficient (Wildman–Crippen LogP) is 5.12. The van der Waals surface area contributed by atoms with Crippen molar-refractivity contribution >= 4 is 45.0 Å². The molecule has 0 N–H and O–H groups in total. The smallest absolute Gasteiger partial charge is 0.233 e. The monoisotopic (exact) mass is 474 g/mol. The van der Waals surface area contributed by atoms with Gasteiger partial charge in [-0.25, -0.2) is 14.4 Å². The molecule has 6 nitrogen and oxygen atoms in total. The zero-order chi connectivity index (χ0) is 21.6. The highest BCUT2D eigenvalue weighted by atomic mass is 35.5. The van der Waals surface area contributed by atoms with E-state index in [0.717, 1.165) is 28.7 Å². The molecule has 9 heteroatoms. The second-order valence-electron chi connectivity index (χ2n) is 7.04. The molecule has 0 spiro atoms. The lowest BCUT2D eigenvalue weighted by atomic mass is 10.1. The summed E-state index contributed by atoms with van der Waals surface area (Å²) in [7, 11) is 0.